The minimum Gasteiger partial charge on any atom is -0.483 e. The zero-order valence-corrected chi connectivity index (χ0v) is 17.7. The third-order valence-corrected chi connectivity index (χ3v) is 6.46. The number of amides is 2. The summed E-state index contributed by atoms with van der Waals surface area (Å²) >= 11 is 7.41. The SMILES string of the molecule is CCC[C@@H]1CCc2c(sc(NC(=O)COc3ccc(Cl)cc3C)c2C(N)=O)C1. The van der Waals surface area contributed by atoms with Crippen molar-refractivity contribution in [2.75, 3.05) is 11.9 Å². The second-order valence-electron chi connectivity index (χ2n) is 7.22. The lowest BCUT2D eigenvalue weighted by Crippen LogP contribution is -2.23. The van der Waals surface area contributed by atoms with Crippen molar-refractivity contribution in [1.29, 1.82) is 0 Å². The molecule has 3 rings (SSSR count). The van der Waals surface area contributed by atoms with Crippen molar-refractivity contribution in [2.24, 2.45) is 11.7 Å². The van der Waals surface area contributed by atoms with Gasteiger partial charge in [0.25, 0.3) is 11.8 Å². The largest absolute Gasteiger partial charge is 0.483 e. The summed E-state index contributed by atoms with van der Waals surface area (Å²) in [7, 11) is 0. The number of hydrogen-bond donors (Lipinski definition) is 2. The summed E-state index contributed by atoms with van der Waals surface area (Å²) < 4.78 is 5.59. The molecule has 1 aliphatic rings. The normalized spacial score (nSPS) is 15.8. The van der Waals surface area contributed by atoms with Crippen LogP contribution in [-0.4, -0.2) is 18.4 Å². The highest BCUT2D eigenvalue weighted by atomic mass is 35.5. The van der Waals surface area contributed by atoms with Crippen molar-refractivity contribution in [1.82, 2.24) is 0 Å². The monoisotopic (exact) mass is 420 g/mol. The third kappa shape index (κ3) is 4.67. The number of fused-ring (bicyclic) bond motifs is 1. The van der Waals surface area contributed by atoms with Gasteiger partial charge in [-0.1, -0.05) is 31.4 Å². The molecule has 5 nitrogen and oxygen atoms in total. The van der Waals surface area contributed by atoms with Gasteiger partial charge in [0.05, 0.1) is 5.56 Å². The van der Waals surface area contributed by atoms with E-state index in [0.717, 1.165) is 36.8 Å². The van der Waals surface area contributed by atoms with Crippen molar-refractivity contribution in [2.45, 2.75) is 46.0 Å². The van der Waals surface area contributed by atoms with E-state index in [9.17, 15) is 9.59 Å². The smallest absolute Gasteiger partial charge is 0.262 e. The summed E-state index contributed by atoms with van der Waals surface area (Å²) in [6.45, 7) is 3.90. The van der Waals surface area contributed by atoms with Gasteiger partial charge in [-0.2, -0.15) is 0 Å². The van der Waals surface area contributed by atoms with Gasteiger partial charge in [0.15, 0.2) is 6.61 Å². The van der Waals surface area contributed by atoms with Gasteiger partial charge < -0.3 is 15.8 Å². The standard InChI is InChI=1S/C21H25ClN2O3S/c1-3-4-13-5-7-15-17(10-13)28-21(19(15)20(23)26)24-18(25)11-27-16-8-6-14(22)9-12(16)2/h6,8-9,13H,3-5,7,10-11H2,1-2H3,(H2,23,26)(H,24,25)/t13-/m1/s1. The summed E-state index contributed by atoms with van der Waals surface area (Å²) in [5.41, 5.74) is 7.95. The Kier molecular flexibility index (Phi) is 6.62. The topological polar surface area (TPSA) is 81.4 Å². The van der Waals surface area contributed by atoms with E-state index in [4.69, 9.17) is 22.1 Å². The molecule has 7 heteroatoms. The van der Waals surface area contributed by atoms with Gasteiger partial charge in [-0.05, 0) is 61.4 Å². The van der Waals surface area contributed by atoms with Crippen LogP contribution in [0.25, 0.3) is 0 Å². The molecule has 1 aliphatic carbocycles. The zero-order chi connectivity index (χ0) is 20.3. The van der Waals surface area contributed by atoms with Gasteiger partial charge in [0.1, 0.15) is 10.8 Å². The number of halogens is 1. The first-order valence-corrected chi connectivity index (χ1v) is 10.7. The molecule has 1 aromatic carbocycles. The van der Waals surface area contributed by atoms with Crippen LogP contribution in [0.5, 0.6) is 5.75 Å². The first kappa shape index (κ1) is 20.7. The maximum absolute atomic E-state index is 12.4. The van der Waals surface area contributed by atoms with E-state index in [1.165, 1.54) is 22.6 Å². The number of carbonyl (C=O) groups is 2. The molecule has 0 unspecified atom stereocenters. The van der Waals surface area contributed by atoms with Gasteiger partial charge in [-0.3, -0.25) is 9.59 Å². The third-order valence-electron chi connectivity index (χ3n) is 5.06. The number of thiophene rings is 1. The maximum Gasteiger partial charge on any atom is 0.262 e. The van der Waals surface area contributed by atoms with E-state index in [1.54, 1.807) is 18.2 Å². The Balaban J connectivity index is 1.71. The number of benzene rings is 1. The molecule has 2 aromatic rings. The fourth-order valence-electron chi connectivity index (χ4n) is 3.74. The van der Waals surface area contributed by atoms with Crippen molar-refractivity contribution in [3.8, 4) is 5.75 Å². The van der Waals surface area contributed by atoms with E-state index in [2.05, 4.69) is 12.2 Å². The molecule has 1 heterocycles. The molecular weight excluding hydrogens is 396 g/mol. The summed E-state index contributed by atoms with van der Waals surface area (Å²) in [6, 6.07) is 5.23. The highest BCUT2D eigenvalue weighted by Crippen LogP contribution is 2.40. The number of primary amides is 1. The van der Waals surface area contributed by atoms with Crippen LogP contribution >= 0.6 is 22.9 Å². The van der Waals surface area contributed by atoms with E-state index in [1.807, 2.05) is 6.92 Å². The second-order valence-corrected chi connectivity index (χ2v) is 8.76. The maximum atomic E-state index is 12.4. The fourth-order valence-corrected chi connectivity index (χ4v) is 5.35. The quantitative estimate of drug-likeness (QED) is 0.679. The molecule has 0 bridgehead atoms. The number of aryl methyl sites for hydroxylation is 1. The average Bonchev–Trinajstić information content (AvgIpc) is 2.98. The minimum absolute atomic E-state index is 0.151. The van der Waals surface area contributed by atoms with Crippen molar-refractivity contribution >= 4 is 39.8 Å². The highest BCUT2D eigenvalue weighted by Gasteiger charge is 2.28. The Morgan fingerprint density at radius 1 is 1.39 bits per heavy atom. The lowest BCUT2D eigenvalue weighted by molar-refractivity contribution is -0.118. The molecule has 3 N–H and O–H groups in total. The summed E-state index contributed by atoms with van der Waals surface area (Å²) in [4.78, 5) is 25.6. The van der Waals surface area contributed by atoms with Crippen LogP contribution in [-0.2, 0) is 17.6 Å². The van der Waals surface area contributed by atoms with Gasteiger partial charge in [-0.15, -0.1) is 11.3 Å². The molecule has 0 saturated heterocycles. The number of carbonyl (C=O) groups excluding carboxylic acids is 2. The molecule has 150 valence electrons. The van der Waals surface area contributed by atoms with E-state index < -0.39 is 5.91 Å². The second kappa shape index (κ2) is 8.97. The molecule has 1 atom stereocenters. The van der Waals surface area contributed by atoms with Crippen LogP contribution in [0, 0.1) is 12.8 Å². The van der Waals surface area contributed by atoms with Gasteiger partial charge in [0, 0.05) is 9.90 Å². The van der Waals surface area contributed by atoms with Crippen LogP contribution in [0.15, 0.2) is 18.2 Å². The number of nitrogens with two attached hydrogens (primary N) is 1. The first-order valence-electron chi connectivity index (χ1n) is 9.52. The van der Waals surface area contributed by atoms with Crippen molar-refractivity contribution in [3.05, 3.63) is 44.8 Å². The van der Waals surface area contributed by atoms with Crippen LogP contribution in [0.3, 0.4) is 0 Å². The van der Waals surface area contributed by atoms with Crippen LogP contribution in [0.1, 0.15) is 52.5 Å². The number of hydrogen-bond acceptors (Lipinski definition) is 4. The number of rotatable bonds is 7. The minimum atomic E-state index is -0.490. The van der Waals surface area contributed by atoms with Crippen LogP contribution < -0.4 is 15.8 Å². The Morgan fingerprint density at radius 3 is 2.86 bits per heavy atom. The summed E-state index contributed by atoms with van der Waals surface area (Å²) in [5.74, 6) is 0.427. The predicted octanol–water partition coefficient (Wildman–Crippen LogP) is 4.73. The molecule has 0 spiro atoms. The molecule has 1 aromatic heterocycles. The fraction of sp³-hybridized carbons (Fsp3) is 0.429. The first-order chi connectivity index (χ1) is 13.4. The lowest BCUT2D eigenvalue weighted by atomic mass is 9.84. The Hall–Kier alpha value is -2.05. The van der Waals surface area contributed by atoms with Crippen molar-refractivity contribution in [3.63, 3.8) is 0 Å². The van der Waals surface area contributed by atoms with E-state index >= 15 is 0 Å². The molecule has 2 amide bonds. The lowest BCUT2D eigenvalue weighted by Gasteiger charge is -2.21. The molecule has 0 saturated carbocycles. The van der Waals surface area contributed by atoms with E-state index in [0.29, 0.717) is 27.3 Å². The summed E-state index contributed by atoms with van der Waals surface area (Å²) in [6.07, 6.45) is 5.18. The molecule has 0 aliphatic heterocycles. The Morgan fingerprint density at radius 2 is 2.18 bits per heavy atom. The molecular formula is C21H25ClN2O3S. The molecule has 0 fully saturated rings. The Labute approximate surface area is 174 Å². The van der Waals surface area contributed by atoms with Crippen LogP contribution in [0.4, 0.5) is 5.00 Å². The zero-order valence-electron chi connectivity index (χ0n) is 16.1. The molecule has 28 heavy (non-hydrogen) atoms. The van der Waals surface area contributed by atoms with Gasteiger partial charge in [-0.25, -0.2) is 0 Å². The summed E-state index contributed by atoms with van der Waals surface area (Å²) in [5, 5.41) is 3.98. The van der Waals surface area contributed by atoms with Gasteiger partial charge in [0.2, 0.25) is 0 Å². The van der Waals surface area contributed by atoms with Crippen molar-refractivity contribution < 1.29 is 14.3 Å². The van der Waals surface area contributed by atoms with Crippen LogP contribution in [0.2, 0.25) is 5.02 Å². The number of ether oxygens (including phenoxy) is 1. The molecule has 0 radical (unpaired) electrons. The number of anilines is 1. The predicted molar refractivity (Wildman–Crippen MR) is 114 cm³/mol. The number of nitrogens with one attached hydrogen (secondary N) is 1. The van der Waals surface area contributed by atoms with Gasteiger partial charge >= 0.3 is 0 Å². The Bertz CT molecular complexity index is 894. The van der Waals surface area contributed by atoms with E-state index in [-0.39, 0.29) is 12.5 Å². The highest BCUT2D eigenvalue weighted by molar-refractivity contribution is 7.17. The average molecular weight is 421 g/mol.